The van der Waals surface area contributed by atoms with Crippen molar-refractivity contribution in [2.45, 2.75) is 6.54 Å². The molecule has 2 heterocycles. The second-order valence-electron chi connectivity index (χ2n) is 6.15. The van der Waals surface area contributed by atoms with E-state index in [0.29, 0.717) is 25.2 Å². The number of rotatable bonds is 7. The first-order valence-electron chi connectivity index (χ1n) is 8.96. The van der Waals surface area contributed by atoms with E-state index in [-0.39, 0.29) is 18.4 Å². The molecule has 1 aromatic carbocycles. The third-order valence-corrected chi connectivity index (χ3v) is 6.20. The third kappa shape index (κ3) is 5.56. The van der Waals surface area contributed by atoms with E-state index in [2.05, 4.69) is 20.1 Å². The minimum absolute atomic E-state index is 0.236. The van der Waals surface area contributed by atoms with E-state index in [1.54, 1.807) is 30.3 Å². The molecule has 0 saturated carbocycles. The van der Waals surface area contributed by atoms with E-state index in [0.717, 1.165) is 28.2 Å². The molecule has 2 aromatic heterocycles. The Morgan fingerprint density at radius 1 is 0.774 bits per heavy atom. The molecular weight excluding hydrogens is 440 g/mol. The fourth-order valence-electron chi connectivity index (χ4n) is 2.56. The van der Waals surface area contributed by atoms with Gasteiger partial charge in [-0.25, -0.2) is 9.59 Å². The van der Waals surface area contributed by atoms with E-state index >= 15 is 0 Å². The minimum Gasteiger partial charge on any atom is -0.465 e. The molecule has 10 heteroatoms. The first-order chi connectivity index (χ1) is 14.9. The SMILES string of the molecule is COC(=O)c1ccc(C(=O)NCc2cccc(NC(=O)c3ccc(C(=O)OC)s3)c2)s1. The Bertz CT molecular complexity index is 1130. The van der Waals surface area contributed by atoms with Crippen LogP contribution in [0.2, 0.25) is 0 Å². The number of esters is 2. The van der Waals surface area contributed by atoms with Crippen LogP contribution in [-0.2, 0) is 16.0 Å². The molecule has 8 nitrogen and oxygen atoms in total. The van der Waals surface area contributed by atoms with Crippen LogP contribution < -0.4 is 10.6 Å². The van der Waals surface area contributed by atoms with Crippen molar-refractivity contribution in [1.29, 1.82) is 0 Å². The van der Waals surface area contributed by atoms with E-state index in [9.17, 15) is 19.2 Å². The lowest BCUT2D eigenvalue weighted by Gasteiger charge is -2.08. The molecule has 3 rings (SSSR count). The van der Waals surface area contributed by atoms with Gasteiger partial charge >= 0.3 is 11.9 Å². The molecule has 0 aliphatic carbocycles. The molecule has 0 aliphatic rings. The Morgan fingerprint density at radius 2 is 1.32 bits per heavy atom. The lowest BCUT2D eigenvalue weighted by atomic mass is 10.2. The van der Waals surface area contributed by atoms with Crippen molar-refractivity contribution in [3.63, 3.8) is 0 Å². The molecule has 0 bridgehead atoms. The van der Waals surface area contributed by atoms with E-state index in [1.165, 1.54) is 26.4 Å². The predicted octanol–water partition coefficient (Wildman–Crippen LogP) is 3.57. The first-order valence-corrected chi connectivity index (χ1v) is 10.6. The molecule has 2 amide bonds. The van der Waals surface area contributed by atoms with Gasteiger partial charge in [0.2, 0.25) is 0 Å². The molecule has 160 valence electrons. The van der Waals surface area contributed by atoms with Crippen LogP contribution in [0.15, 0.2) is 48.5 Å². The molecule has 0 aliphatic heterocycles. The number of benzene rings is 1. The third-order valence-electron chi connectivity index (χ3n) is 4.07. The number of ether oxygens (including phenoxy) is 2. The van der Waals surface area contributed by atoms with Crippen LogP contribution in [0.1, 0.15) is 44.3 Å². The van der Waals surface area contributed by atoms with Crippen LogP contribution in [0.25, 0.3) is 0 Å². The zero-order valence-corrected chi connectivity index (χ0v) is 18.2. The lowest BCUT2D eigenvalue weighted by Crippen LogP contribution is -2.21. The van der Waals surface area contributed by atoms with Crippen LogP contribution in [0.3, 0.4) is 0 Å². The predicted molar refractivity (Wildman–Crippen MR) is 117 cm³/mol. The average Bonchev–Trinajstić information content (AvgIpc) is 3.47. The largest absolute Gasteiger partial charge is 0.465 e. The standard InChI is InChI=1S/C21H18N2O6S2/c1-28-20(26)16-8-6-14(30-16)18(24)22-11-12-4-3-5-13(10-12)23-19(25)15-7-9-17(31-15)21(27)29-2/h3-10H,11H2,1-2H3,(H,22,24)(H,23,25). The van der Waals surface area contributed by atoms with Gasteiger partial charge in [0, 0.05) is 12.2 Å². The van der Waals surface area contributed by atoms with Gasteiger partial charge in [-0.05, 0) is 42.0 Å². The number of hydrogen-bond donors (Lipinski definition) is 2. The van der Waals surface area contributed by atoms with Gasteiger partial charge in [-0.1, -0.05) is 12.1 Å². The maximum absolute atomic E-state index is 12.4. The zero-order chi connectivity index (χ0) is 22.4. The molecule has 0 atom stereocenters. The van der Waals surface area contributed by atoms with Gasteiger partial charge in [-0.2, -0.15) is 0 Å². The number of anilines is 1. The Hall–Kier alpha value is -3.50. The number of carbonyl (C=O) groups is 4. The molecule has 0 spiro atoms. The normalized spacial score (nSPS) is 10.3. The van der Waals surface area contributed by atoms with Gasteiger partial charge in [0.1, 0.15) is 9.75 Å². The highest BCUT2D eigenvalue weighted by Crippen LogP contribution is 2.20. The molecule has 31 heavy (non-hydrogen) atoms. The van der Waals surface area contributed by atoms with Gasteiger partial charge < -0.3 is 20.1 Å². The Labute approximate surface area is 185 Å². The maximum atomic E-state index is 12.4. The van der Waals surface area contributed by atoms with Crippen molar-refractivity contribution in [3.05, 3.63) is 73.6 Å². The van der Waals surface area contributed by atoms with Crippen LogP contribution in [-0.4, -0.2) is 38.0 Å². The Balaban J connectivity index is 1.60. The second kappa shape index (κ2) is 10.0. The summed E-state index contributed by atoms with van der Waals surface area (Å²) in [6.07, 6.45) is 0. The van der Waals surface area contributed by atoms with Crippen molar-refractivity contribution in [2.75, 3.05) is 19.5 Å². The van der Waals surface area contributed by atoms with Crippen LogP contribution in [0.5, 0.6) is 0 Å². The van der Waals surface area contributed by atoms with Gasteiger partial charge in [0.15, 0.2) is 0 Å². The summed E-state index contributed by atoms with van der Waals surface area (Å²) in [6.45, 7) is 0.236. The average molecular weight is 459 g/mol. The van der Waals surface area contributed by atoms with Crippen molar-refractivity contribution in [1.82, 2.24) is 5.32 Å². The highest BCUT2D eigenvalue weighted by molar-refractivity contribution is 7.16. The van der Waals surface area contributed by atoms with Crippen LogP contribution in [0, 0.1) is 0 Å². The summed E-state index contributed by atoms with van der Waals surface area (Å²) in [6, 6.07) is 13.2. The van der Waals surface area contributed by atoms with Crippen molar-refractivity contribution >= 4 is 52.1 Å². The number of hydrogen-bond acceptors (Lipinski definition) is 8. The van der Waals surface area contributed by atoms with Crippen molar-refractivity contribution in [3.8, 4) is 0 Å². The van der Waals surface area contributed by atoms with E-state index < -0.39 is 11.9 Å². The summed E-state index contributed by atoms with van der Waals surface area (Å²) in [5.41, 5.74) is 1.33. The number of nitrogens with one attached hydrogen (secondary N) is 2. The van der Waals surface area contributed by atoms with Gasteiger partial charge in [0.25, 0.3) is 11.8 Å². The fraction of sp³-hybridized carbons (Fsp3) is 0.143. The smallest absolute Gasteiger partial charge is 0.348 e. The molecule has 0 unspecified atom stereocenters. The number of methoxy groups -OCH3 is 2. The van der Waals surface area contributed by atoms with Gasteiger partial charge in [-0.15, -0.1) is 22.7 Å². The monoisotopic (exact) mass is 458 g/mol. The second-order valence-corrected chi connectivity index (χ2v) is 8.32. The minimum atomic E-state index is -0.494. The summed E-state index contributed by atoms with van der Waals surface area (Å²) in [4.78, 5) is 49.2. The van der Waals surface area contributed by atoms with Crippen molar-refractivity contribution in [2.24, 2.45) is 0 Å². The molecule has 0 fully saturated rings. The van der Waals surface area contributed by atoms with Crippen molar-refractivity contribution < 1.29 is 28.7 Å². The quantitative estimate of drug-likeness (QED) is 0.524. The number of amides is 2. The topological polar surface area (TPSA) is 111 Å². The molecule has 3 aromatic rings. The Kier molecular flexibility index (Phi) is 7.16. The highest BCUT2D eigenvalue weighted by atomic mass is 32.1. The number of carbonyl (C=O) groups excluding carboxylic acids is 4. The van der Waals surface area contributed by atoms with Crippen LogP contribution in [0.4, 0.5) is 5.69 Å². The summed E-state index contributed by atoms with van der Waals surface area (Å²) in [5, 5.41) is 5.55. The summed E-state index contributed by atoms with van der Waals surface area (Å²) in [7, 11) is 2.56. The van der Waals surface area contributed by atoms with Gasteiger partial charge in [0.05, 0.1) is 24.0 Å². The first kappa shape index (κ1) is 22.2. The number of thiophene rings is 2. The highest BCUT2D eigenvalue weighted by Gasteiger charge is 2.15. The fourth-order valence-corrected chi connectivity index (χ4v) is 4.22. The summed E-state index contributed by atoms with van der Waals surface area (Å²) in [5.74, 6) is -1.65. The maximum Gasteiger partial charge on any atom is 0.348 e. The molecule has 2 N–H and O–H groups in total. The van der Waals surface area contributed by atoms with E-state index in [4.69, 9.17) is 0 Å². The Morgan fingerprint density at radius 3 is 1.90 bits per heavy atom. The van der Waals surface area contributed by atoms with Gasteiger partial charge in [-0.3, -0.25) is 9.59 Å². The molecule has 0 radical (unpaired) electrons. The zero-order valence-electron chi connectivity index (χ0n) is 16.6. The lowest BCUT2D eigenvalue weighted by molar-refractivity contribution is 0.0597. The summed E-state index contributed by atoms with van der Waals surface area (Å²) >= 11 is 2.09. The molecule has 0 saturated heterocycles. The van der Waals surface area contributed by atoms with E-state index in [1.807, 2.05) is 6.07 Å². The summed E-state index contributed by atoms with van der Waals surface area (Å²) < 4.78 is 9.28. The van der Waals surface area contributed by atoms with Crippen LogP contribution >= 0.6 is 22.7 Å². The molecular formula is C21H18N2O6S2.